The van der Waals surface area contributed by atoms with Crippen molar-refractivity contribution in [3.8, 4) is 0 Å². The average Bonchev–Trinajstić information content (AvgIpc) is 2.48. The normalized spacial score (nSPS) is 12.2. The molecule has 0 aliphatic heterocycles. The van der Waals surface area contributed by atoms with Crippen molar-refractivity contribution >= 4 is 14.7 Å². The summed E-state index contributed by atoms with van der Waals surface area (Å²) in [5, 5.41) is 2.79. The SMILES string of the molecule is C=CC(=O)NCCC[N+](C)(C)CCC[Si](OC)(OC)OC. The number of nitrogens with one attached hydrogen (secondary N) is 1. The lowest BCUT2D eigenvalue weighted by molar-refractivity contribution is -0.890. The molecule has 0 radical (unpaired) electrons. The average molecular weight is 319 g/mol. The molecular formula is C14H31N2O4Si+. The van der Waals surface area contributed by atoms with Gasteiger partial charge in [0, 0.05) is 46.8 Å². The smallest absolute Gasteiger partial charge is 0.377 e. The zero-order chi connectivity index (χ0) is 16.4. The second kappa shape index (κ2) is 10.1. The molecule has 0 aromatic rings. The highest BCUT2D eigenvalue weighted by atomic mass is 28.4. The Hall–Kier alpha value is -0.733. The van der Waals surface area contributed by atoms with Crippen LogP contribution in [0.2, 0.25) is 6.04 Å². The van der Waals surface area contributed by atoms with E-state index >= 15 is 0 Å². The van der Waals surface area contributed by atoms with E-state index in [2.05, 4.69) is 26.0 Å². The van der Waals surface area contributed by atoms with Crippen molar-refractivity contribution in [2.45, 2.75) is 18.9 Å². The van der Waals surface area contributed by atoms with Gasteiger partial charge in [0.2, 0.25) is 5.91 Å². The number of hydrogen-bond donors (Lipinski definition) is 1. The maximum Gasteiger partial charge on any atom is 0.500 e. The van der Waals surface area contributed by atoms with Crippen LogP contribution in [-0.4, -0.2) is 74.3 Å². The molecule has 0 saturated heterocycles. The third-order valence-corrected chi connectivity index (χ3v) is 6.44. The molecule has 0 spiro atoms. The number of rotatable bonds is 12. The maximum absolute atomic E-state index is 11.0. The highest BCUT2D eigenvalue weighted by Gasteiger charge is 2.37. The lowest BCUT2D eigenvalue weighted by Gasteiger charge is -2.31. The minimum atomic E-state index is -2.45. The first-order valence-corrected chi connectivity index (χ1v) is 9.15. The Morgan fingerprint density at radius 1 is 1.14 bits per heavy atom. The van der Waals surface area contributed by atoms with Gasteiger partial charge in [-0.2, -0.15) is 0 Å². The van der Waals surface area contributed by atoms with Crippen molar-refractivity contribution in [2.75, 3.05) is 55.1 Å². The fourth-order valence-electron chi connectivity index (χ4n) is 2.18. The topological polar surface area (TPSA) is 56.8 Å². The van der Waals surface area contributed by atoms with Gasteiger partial charge >= 0.3 is 8.80 Å². The molecule has 1 amide bonds. The molecule has 0 bridgehead atoms. The molecule has 0 aromatic heterocycles. The van der Waals surface area contributed by atoms with Gasteiger partial charge < -0.3 is 23.1 Å². The zero-order valence-corrected chi connectivity index (χ0v) is 15.1. The van der Waals surface area contributed by atoms with Gasteiger partial charge in [-0.1, -0.05) is 6.58 Å². The van der Waals surface area contributed by atoms with Gasteiger partial charge in [0.1, 0.15) is 0 Å². The van der Waals surface area contributed by atoms with E-state index in [1.165, 1.54) is 6.08 Å². The molecular weight excluding hydrogens is 288 g/mol. The summed E-state index contributed by atoms with van der Waals surface area (Å²) in [5.74, 6) is -0.114. The van der Waals surface area contributed by atoms with Crippen molar-refractivity contribution in [2.24, 2.45) is 0 Å². The molecule has 0 atom stereocenters. The molecule has 21 heavy (non-hydrogen) atoms. The van der Waals surface area contributed by atoms with E-state index in [-0.39, 0.29) is 5.91 Å². The monoisotopic (exact) mass is 319 g/mol. The maximum atomic E-state index is 11.0. The summed E-state index contributed by atoms with van der Waals surface area (Å²) in [4.78, 5) is 11.0. The number of amides is 1. The fraction of sp³-hybridized carbons (Fsp3) is 0.786. The molecule has 0 aliphatic carbocycles. The van der Waals surface area contributed by atoms with Gasteiger partial charge in [-0.15, -0.1) is 0 Å². The van der Waals surface area contributed by atoms with Crippen LogP contribution in [0.5, 0.6) is 0 Å². The predicted octanol–water partition coefficient (Wildman–Crippen LogP) is 1.02. The Bertz CT molecular complexity index is 312. The Labute approximate surface area is 130 Å². The fourth-order valence-corrected chi connectivity index (χ4v) is 3.89. The summed E-state index contributed by atoms with van der Waals surface area (Å²) in [6, 6.07) is 0.811. The summed E-state index contributed by atoms with van der Waals surface area (Å²) >= 11 is 0. The first kappa shape index (κ1) is 20.3. The summed E-state index contributed by atoms with van der Waals surface area (Å²) in [6.45, 7) is 6.12. The van der Waals surface area contributed by atoms with Crippen LogP contribution in [-0.2, 0) is 18.1 Å². The molecule has 0 rings (SSSR count). The van der Waals surface area contributed by atoms with Gasteiger partial charge in [-0.25, -0.2) is 0 Å². The molecule has 7 heteroatoms. The second-order valence-electron chi connectivity index (χ2n) is 5.63. The molecule has 6 nitrogen and oxygen atoms in total. The summed E-state index contributed by atoms with van der Waals surface area (Å²) in [6.07, 6.45) is 3.21. The first-order chi connectivity index (χ1) is 9.84. The van der Waals surface area contributed by atoms with Crippen molar-refractivity contribution in [3.63, 3.8) is 0 Å². The van der Waals surface area contributed by atoms with E-state index in [0.29, 0.717) is 6.54 Å². The molecule has 0 unspecified atom stereocenters. The lowest BCUT2D eigenvalue weighted by atomic mass is 10.3. The van der Waals surface area contributed by atoms with Crippen LogP contribution in [0.3, 0.4) is 0 Å². The Morgan fingerprint density at radius 2 is 1.67 bits per heavy atom. The van der Waals surface area contributed by atoms with Crippen LogP contribution < -0.4 is 5.32 Å². The quantitative estimate of drug-likeness (QED) is 0.253. The number of quaternary nitrogens is 1. The Kier molecular flexibility index (Phi) is 9.72. The van der Waals surface area contributed by atoms with Crippen LogP contribution >= 0.6 is 0 Å². The van der Waals surface area contributed by atoms with E-state index in [0.717, 1.165) is 36.5 Å². The van der Waals surface area contributed by atoms with Crippen LogP contribution in [0.15, 0.2) is 12.7 Å². The Morgan fingerprint density at radius 3 is 2.14 bits per heavy atom. The highest BCUT2D eigenvalue weighted by molar-refractivity contribution is 6.60. The van der Waals surface area contributed by atoms with Gasteiger partial charge in [-0.05, 0) is 6.08 Å². The summed E-state index contributed by atoms with van der Waals surface area (Å²) in [5.41, 5.74) is 0. The third kappa shape index (κ3) is 8.33. The van der Waals surface area contributed by atoms with Crippen LogP contribution in [0.25, 0.3) is 0 Å². The van der Waals surface area contributed by atoms with E-state index in [9.17, 15) is 4.79 Å². The van der Waals surface area contributed by atoms with E-state index in [4.69, 9.17) is 13.3 Å². The summed E-state index contributed by atoms with van der Waals surface area (Å²) < 4.78 is 17.2. The number of carbonyl (C=O) groups excluding carboxylic acids is 1. The van der Waals surface area contributed by atoms with Crippen molar-refractivity contribution in [3.05, 3.63) is 12.7 Å². The standard InChI is InChI=1S/C14H30N2O4Si/c1-7-14(17)15-10-8-11-16(2,3)12-9-13-21(18-4,19-5)20-6/h7H,1,8-13H2,2-6H3/p+1. The number of carbonyl (C=O) groups is 1. The summed E-state index contributed by atoms with van der Waals surface area (Å²) in [7, 11) is 6.84. The van der Waals surface area contributed by atoms with Gasteiger partial charge in [0.25, 0.3) is 0 Å². The molecule has 124 valence electrons. The minimum Gasteiger partial charge on any atom is -0.377 e. The minimum absolute atomic E-state index is 0.114. The lowest BCUT2D eigenvalue weighted by Crippen LogP contribution is -2.46. The van der Waals surface area contributed by atoms with E-state index in [1.54, 1.807) is 21.3 Å². The van der Waals surface area contributed by atoms with Crippen LogP contribution in [0.1, 0.15) is 12.8 Å². The first-order valence-electron chi connectivity index (χ1n) is 7.22. The number of hydrogen-bond acceptors (Lipinski definition) is 4. The second-order valence-corrected chi connectivity index (χ2v) is 8.72. The zero-order valence-electron chi connectivity index (χ0n) is 14.1. The van der Waals surface area contributed by atoms with Gasteiger partial charge in [0.05, 0.1) is 27.2 Å². The van der Waals surface area contributed by atoms with Gasteiger partial charge in [0.15, 0.2) is 0 Å². The molecule has 0 fully saturated rings. The Balaban J connectivity index is 4.01. The van der Waals surface area contributed by atoms with Crippen molar-refractivity contribution in [1.29, 1.82) is 0 Å². The molecule has 0 saturated carbocycles. The third-order valence-electron chi connectivity index (χ3n) is 3.60. The van der Waals surface area contributed by atoms with Crippen molar-refractivity contribution < 1.29 is 22.6 Å². The molecule has 0 aromatic carbocycles. The van der Waals surface area contributed by atoms with Crippen LogP contribution in [0.4, 0.5) is 0 Å². The predicted molar refractivity (Wildman–Crippen MR) is 85.9 cm³/mol. The molecule has 0 heterocycles. The largest absolute Gasteiger partial charge is 0.500 e. The van der Waals surface area contributed by atoms with Crippen LogP contribution in [0, 0.1) is 0 Å². The highest BCUT2D eigenvalue weighted by Crippen LogP contribution is 2.16. The molecule has 1 N–H and O–H groups in total. The van der Waals surface area contributed by atoms with Gasteiger partial charge in [-0.3, -0.25) is 4.79 Å². The molecule has 0 aliphatic rings. The van der Waals surface area contributed by atoms with E-state index < -0.39 is 8.80 Å². The van der Waals surface area contributed by atoms with E-state index in [1.807, 2.05) is 0 Å². The van der Waals surface area contributed by atoms with Crippen molar-refractivity contribution in [1.82, 2.24) is 5.32 Å². The number of nitrogens with zero attached hydrogens (tertiary/aromatic N) is 1.